The van der Waals surface area contributed by atoms with Crippen molar-refractivity contribution in [3.8, 4) is 0 Å². The number of ether oxygens (including phenoxy) is 1. The van der Waals surface area contributed by atoms with E-state index in [0.29, 0.717) is 10.9 Å². The summed E-state index contributed by atoms with van der Waals surface area (Å²) in [5.74, 6) is -1.12. The van der Waals surface area contributed by atoms with Gasteiger partial charge in [-0.05, 0) is 37.3 Å². The van der Waals surface area contributed by atoms with Gasteiger partial charge in [0.2, 0.25) is 0 Å². The number of Topliss-reactive ketones (excluding diaryl/α,β-unsaturated/α-hetero) is 1. The van der Waals surface area contributed by atoms with Crippen LogP contribution in [0.25, 0.3) is 0 Å². The SMILES string of the molecule is CCOC(=O)C(=O)c1ccc(C(CC)CC)c(Cl)c1. The molecule has 1 aromatic carbocycles. The quantitative estimate of drug-likeness (QED) is 0.450. The maximum absolute atomic E-state index is 11.8. The van der Waals surface area contributed by atoms with Gasteiger partial charge in [-0.2, -0.15) is 0 Å². The van der Waals surface area contributed by atoms with E-state index >= 15 is 0 Å². The van der Waals surface area contributed by atoms with Gasteiger partial charge in [0.1, 0.15) is 0 Å². The Morgan fingerprint density at radius 1 is 1.21 bits per heavy atom. The number of hydrogen-bond donors (Lipinski definition) is 0. The second-order valence-corrected chi connectivity index (χ2v) is 4.71. The molecule has 1 aromatic rings. The predicted octanol–water partition coefficient (Wildman–Crippen LogP) is 3.99. The fraction of sp³-hybridized carbons (Fsp3) is 0.467. The number of carbonyl (C=O) groups excluding carboxylic acids is 2. The van der Waals surface area contributed by atoms with E-state index in [1.807, 2.05) is 6.07 Å². The van der Waals surface area contributed by atoms with Gasteiger partial charge in [0.25, 0.3) is 5.78 Å². The summed E-state index contributed by atoms with van der Waals surface area (Å²) in [5, 5.41) is 0.531. The maximum atomic E-state index is 11.8. The van der Waals surface area contributed by atoms with Crippen molar-refractivity contribution in [2.75, 3.05) is 6.61 Å². The summed E-state index contributed by atoms with van der Waals surface area (Å²) in [6.07, 6.45) is 1.97. The molecule has 0 N–H and O–H groups in total. The lowest BCUT2D eigenvalue weighted by atomic mass is 9.93. The van der Waals surface area contributed by atoms with E-state index < -0.39 is 11.8 Å². The number of ketones is 1. The highest BCUT2D eigenvalue weighted by Gasteiger charge is 2.19. The van der Waals surface area contributed by atoms with Crippen molar-refractivity contribution in [2.24, 2.45) is 0 Å². The largest absolute Gasteiger partial charge is 0.460 e. The zero-order chi connectivity index (χ0) is 14.4. The van der Waals surface area contributed by atoms with Crippen LogP contribution in [0, 0.1) is 0 Å². The van der Waals surface area contributed by atoms with Crippen LogP contribution in [-0.4, -0.2) is 18.4 Å². The summed E-state index contributed by atoms with van der Waals surface area (Å²) in [4.78, 5) is 23.1. The number of esters is 1. The van der Waals surface area contributed by atoms with Crippen molar-refractivity contribution >= 4 is 23.4 Å². The molecule has 0 aromatic heterocycles. The minimum atomic E-state index is -0.839. The Labute approximate surface area is 118 Å². The van der Waals surface area contributed by atoms with E-state index in [1.165, 1.54) is 0 Å². The molecule has 0 heterocycles. The number of carbonyl (C=O) groups is 2. The molecule has 19 heavy (non-hydrogen) atoms. The minimum Gasteiger partial charge on any atom is -0.460 e. The Morgan fingerprint density at radius 3 is 2.32 bits per heavy atom. The molecular weight excluding hydrogens is 264 g/mol. The summed E-state index contributed by atoms with van der Waals surface area (Å²) < 4.78 is 4.69. The monoisotopic (exact) mass is 282 g/mol. The molecule has 0 amide bonds. The van der Waals surface area contributed by atoms with E-state index in [-0.39, 0.29) is 12.2 Å². The van der Waals surface area contributed by atoms with Crippen molar-refractivity contribution in [1.29, 1.82) is 0 Å². The first-order valence-corrected chi connectivity index (χ1v) is 6.93. The molecule has 0 aliphatic rings. The lowest BCUT2D eigenvalue weighted by molar-refractivity contribution is -0.137. The van der Waals surface area contributed by atoms with E-state index in [2.05, 4.69) is 18.6 Å². The molecule has 0 atom stereocenters. The third-order valence-electron chi connectivity index (χ3n) is 3.15. The number of hydrogen-bond acceptors (Lipinski definition) is 3. The van der Waals surface area contributed by atoms with Crippen molar-refractivity contribution in [3.63, 3.8) is 0 Å². The van der Waals surface area contributed by atoms with Gasteiger partial charge in [-0.25, -0.2) is 4.79 Å². The zero-order valence-corrected chi connectivity index (χ0v) is 12.3. The third kappa shape index (κ3) is 3.80. The average molecular weight is 283 g/mol. The van der Waals surface area contributed by atoms with Gasteiger partial charge < -0.3 is 4.74 Å². The Hall–Kier alpha value is -1.35. The van der Waals surface area contributed by atoms with Crippen molar-refractivity contribution in [3.05, 3.63) is 34.3 Å². The Morgan fingerprint density at radius 2 is 1.84 bits per heavy atom. The van der Waals surface area contributed by atoms with Crippen molar-refractivity contribution in [1.82, 2.24) is 0 Å². The smallest absolute Gasteiger partial charge is 0.379 e. The predicted molar refractivity (Wildman–Crippen MR) is 75.7 cm³/mol. The summed E-state index contributed by atoms with van der Waals surface area (Å²) in [6, 6.07) is 5.01. The first-order chi connectivity index (χ1) is 9.04. The summed E-state index contributed by atoms with van der Waals surface area (Å²) in [7, 11) is 0. The minimum absolute atomic E-state index is 0.185. The van der Waals surface area contributed by atoms with Gasteiger partial charge >= 0.3 is 5.97 Å². The molecule has 0 aliphatic carbocycles. The van der Waals surface area contributed by atoms with Crippen LogP contribution in [0.2, 0.25) is 5.02 Å². The molecule has 3 nitrogen and oxygen atoms in total. The molecule has 0 radical (unpaired) electrons. The van der Waals surface area contributed by atoms with Gasteiger partial charge in [0, 0.05) is 10.6 Å². The van der Waals surface area contributed by atoms with Crippen LogP contribution in [0.3, 0.4) is 0 Å². The van der Waals surface area contributed by atoms with Gasteiger partial charge in [0.15, 0.2) is 0 Å². The topological polar surface area (TPSA) is 43.4 Å². The summed E-state index contributed by atoms with van der Waals surface area (Å²) in [6.45, 7) is 6.04. The van der Waals surface area contributed by atoms with Crippen LogP contribution in [0.4, 0.5) is 0 Å². The van der Waals surface area contributed by atoms with Crippen LogP contribution in [-0.2, 0) is 9.53 Å². The first-order valence-electron chi connectivity index (χ1n) is 6.55. The zero-order valence-electron chi connectivity index (χ0n) is 11.5. The van der Waals surface area contributed by atoms with Gasteiger partial charge in [-0.3, -0.25) is 4.79 Å². The highest BCUT2D eigenvalue weighted by molar-refractivity contribution is 6.41. The fourth-order valence-electron chi connectivity index (χ4n) is 2.04. The third-order valence-corrected chi connectivity index (χ3v) is 3.48. The van der Waals surface area contributed by atoms with E-state index in [0.717, 1.165) is 18.4 Å². The number of rotatable bonds is 6. The normalized spacial score (nSPS) is 10.6. The number of benzene rings is 1. The second-order valence-electron chi connectivity index (χ2n) is 4.30. The molecule has 0 spiro atoms. The van der Waals surface area contributed by atoms with Crippen molar-refractivity contribution < 1.29 is 14.3 Å². The molecule has 0 aliphatic heterocycles. The van der Waals surface area contributed by atoms with Crippen LogP contribution in [0.1, 0.15) is 55.5 Å². The Kier molecular flexibility index (Phi) is 6.03. The molecule has 0 saturated heterocycles. The molecule has 1 rings (SSSR count). The second kappa shape index (κ2) is 7.29. The lowest BCUT2D eigenvalue weighted by Gasteiger charge is -2.15. The van der Waals surface area contributed by atoms with Gasteiger partial charge in [-0.15, -0.1) is 0 Å². The first kappa shape index (κ1) is 15.7. The maximum Gasteiger partial charge on any atom is 0.379 e. The molecule has 0 bridgehead atoms. The molecule has 0 saturated carbocycles. The number of halogens is 1. The molecule has 104 valence electrons. The standard InChI is InChI=1S/C15H19ClO3/c1-4-10(5-2)12-8-7-11(9-13(12)16)14(17)15(18)19-6-3/h7-10H,4-6H2,1-3H3. The van der Waals surface area contributed by atoms with Crippen LogP contribution in [0.5, 0.6) is 0 Å². The average Bonchev–Trinajstić information content (AvgIpc) is 2.41. The van der Waals surface area contributed by atoms with Crippen molar-refractivity contribution in [2.45, 2.75) is 39.5 Å². The Bertz CT molecular complexity index is 464. The lowest BCUT2D eigenvalue weighted by Crippen LogP contribution is -2.17. The van der Waals surface area contributed by atoms with Crippen LogP contribution >= 0.6 is 11.6 Å². The van der Waals surface area contributed by atoms with E-state index in [4.69, 9.17) is 11.6 Å². The van der Waals surface area contributed by atoms with Gasteiger partial charge in [-0.1, -0.05) is 37.6 Å². The van der Waals surface area contributed by atoms with Gasteiger partial charge in [0.05, 0.1) is 6.61 Å². The van der Waals surface area contributed by atoms with Crippen LogP contribution in [0.15, 0.2) is 18.2 Å². The summed E-state index contributed by atoms with van der Waals surface area (Å²) in [5.41, 5.74) is 1.30. The fourth-order valence-corrected chi connectivity index (χ4v) is 2.38. The molecular formula is C15H19ClO3. The molecule has 0 unspecified atom stereocenters. The van der Waals surface area contributed by atoms with E-state index in [1.54, 1.807) is 19.1 Å². The highest BCUT2D eigenvalue weighted by atomic mass is 35.5. The van der Waals surface area contributed by atoms with Crippen LogP contribution < -0.4 is 0 Å². The van der Waals surface area contributed by atoms with E-state index in [9.17, 15) is 9.59 Å². The Balaban J connectivity index is 2.99. The molecule has 4 heteroatoms. The molecule has 0 fully saturated rings. The summed E-state index contributed by atoms with van der Waals surface area (Å²) >= 11 is 6.20. The highest BCUT2D eigenvalue weighted by Crippen LogP contribution is 2.30.